The lowest BCUT2D eigenvalue weighted by molar-refractivity contribution is -0.118. The molecule has 1 unspecified atom stereocenters. The zero-order chi connectivity index (χ0) is 7.98. The van der Waals surface area contributed by atoms with E-state index in [1.54, 1.807) is 0 Å². The van der Waals surface area contributed by atoms with Crippen molar-refractivity contribution >= 4 is 5.91 Å². The van der Waals surface area contributed by atoms with E-state index in [2.05, 4.69) is 0 Å². The second-order valence-corrected chi connectivity index (χ2v) is 2.69. The normalized spacial score (nSPS) is 13.0. The van der Waals surface area contributed by atoms with Crippen LogP contribution in [0, 0.1) is 0 Å². The van der Waals surface area contributed by atoms with Gasteiger partial charge in [-0.05, 0) is 19.8 Å². The molecule has 60 valence electrons. The minimum absolute atomic E-state index is 0.218. The smallest absolute Gasteiger partial charge is 0.217 e. The summed E-state index contributed by atoms with van der Waals surface area (Å²) in [6.07, 6.45) is 3.34. The van der Waals surface area contributed by atoms with Crippen molar-refractivity contribution in [3.8, 4) is 0 Å². The fraction of sp³-hybridized carbons (Fsp3) is 0.857. The second kappa shape index (κ2) is 5.23. The van der Waals surface area contributed by atoms with Crippen LogP contribution < -0.4 is 11.5 Å². The molecule has 0 aliphatic carbocycles. The number of hydrogen-bond donors (Lipinski definition) is 2. The van der Waals surface area contributed by atoms with Crippen LogP contribution in [0.15, 0.2) is 0 Å². The summed E-state index contributed by atoms with van der Waals surface area (Å²) in [7, 11) is 0. The van der Waals surface area contributed by atoms with Crippen LogP contribution in [0.4, 0.5) is 0 Å². The molecule has 0 aromatic rings. The monoisotopic (exact) mass is 144 g/mol. The van der Waals surface area contributed by atoms with Gasteiger partial charge in [0, 0.05) is 12.5 Å². The van der Waals surface area contributed by atoms with Crippen molar-refractivity contribution in [2.24, 2.45) is 11.5 Å². The molecule has 0 fully saturated rings. The van der Waals surface area contributed by atoms with Crippen LogP contribution in [0.5, 0.6) is 0 Å². The van der Waals surface area contributed by atoms with Gasteiger partial charge in [0.15, 0.2) is 0 Å². The lowest BCUT2D eigenvalue weighted by Gasteiger charge is -2.01. The van der Waals surface area contributed by atoms with Gasteiger partial charge in [-0.1, -0.05) is 6.42 Å². The van der Waals surface area contributed by atoms with Gasteiger partial charge in [-0.2, -0.15) is 0 Å². The van der Waals surface area contributed by atoms with Crippen LogP contribution in [0.1, 0.15) is 32.6 Å². The number of carbonyl (C=O) groups excluding carboxylic acids is 1. The highest BCUT2D eigenvalue weighted by molar-refractivity contribution is 5.73. The van der Waals surface area contributed by atoms with E-state index in [1.807, 2.05) is 6.92 Å². The van der Waals surface area contributed by atoms with E-state index in [4.69, 9.17) is 11.5 Å². The topological polar surface area (TPSA) is 69.1 Å². The molecule has 0 aromatic heterocycles. The fourth-order valence-corrected chi connectivity index (χ4v) is 0.766. The van der Waals surface area contributed by atoms with E-state index in [1.165, 1.54) is 0 Å². The van der Waals surface area contributed by atoms with E-state index >= 15 is 0 Å². The molecule has 0 rings (SSSR count). The van der Waals surface area contributed by atoms with Crippen LogP contribution >= 0.6 is 0 Å². The first-order valence-corrected chi connectivity index (χ1v) is 3.67. The molecule has 4 N–H and O–H groups in total. The van der Waals surface area contributed by atoms with Crippen LogP contribution in [0.25, 0.3) is 0 Å². The minimum Gasteiger partial charge on any atom is -0.370 e. The van der Waals surface area contributed by atoms with Crippen LogP contribution in [0.3, 0.4) is 0 Å². The van der Waals surface area contributed by atoms with Crippen molar-refractivity contribution in [3.63, 3.8) is 0 Å². The Morgan fingerprint density at radius 2 is 2.10 bits per heavy atom. The highest BCUT2D eigenvalue weighted by Crippen LogP contribution is 2.00. The third-order valence-electron chi connectivity index (χ3n) is 1.33. The second-order valence-electron chi connectivity index (χ2n) is 2.69. The highest BCUT2D eigenvalue weighted by atomic mass is 16.1. The number of primary amides is 1. The Balaban J connectivity index is 2.98. The van der Waals surface area contributed by atoms with Crippen LogP contribution in [-0.2, 0) is 4.79 Å². The molecule has 3 nitrogen and oxygen atoms in total. The molecule has 0 heterocycles. The number of hydrogen-bond acceptors (Lipinski definition) is 2. The molecule has 1 atom stereocenters. The molecule has 10 heavy (non-hydrogen) atoms. The molecule has 0 bridgehead atoms. The SMILES string of the molecule is CC(N)CCCCC(N)=O. The Morgan fingerprint density at radius 1 is 1.50 bits per heavy atom. The Morgan fingerprint density at radius 3 is 2.50 bits per heavy atom. The van der Waals surface area contributed by atoms with Gasteiger partial charge < -0.3 is 11.5 Å². The van der Waals surface area contributed by atoms with Crippen LogP contribution in [-0.4, -0.2) is 11.9 Å². The maximum atomic E-state index is 10.2. The first-order chi connectivity index (χ1) is 4.63. The number of unbranched alkanes of at least 4 members (excludes halogenated alkanes) is 1. The summed E-state index contributed by atoms with van der Waals surface area (Å²) in [5, 5.41) is 0. The summed E-state index contributed by atoms with van der Waals surface area (Å²) in [5.41, 5.74) is 10.4. The average Bonchev–Trinajstić information content (AvgIpc) is 1.79. The maximum absolute atomic E-state index is 10.2. The molecule has 3 heteroatoms. The summed E-state index contributed by atoms with van der Waals surface area (Å²) < 4.78 is 0. The molecule has 0 saturated carbocycles. The molecule has 1 amide bonds. The Bertz CT molecular complexity index is 102. The zero-order valence-electron chi connectivity index (χ0n) is 6.47. The molecule has 0 spiro atoms. The van der Waals surface area contributed by atoms with E-state index in [0.717, 1.165) is 19.3 Å². The first kappa shape index (κ1) is 9.43. The summed E-state index contributed by atoms with van der Waals surface area (Å²) in [6, 6.07) is 0.243. The molecular formula is C7H16N2O. The maximum Gasteiger partial charge on any atom is 0.217 e. The first-order valence-electron chi connectivity index (χ1n) is 3.67. The predicted octanol–water partition coefficient (Wildman–Crippen LogP) is 0.379. The fourth-order valence-electron chi connectivity index (χ4n) is 0.766. The molecule has 0 radical (unpaired) electrons. The number of nitrogens with two attached hydrogens (primary N) is 2. The van der Waals surface area contributed by atoms with Gasteiger partial charge in [-0.3, -0.25) is 4.79 Å². The molecule has 0 aliphatic rings. The van der Waals surface area contributed by atoms with Crippen molar-refractivity contribution in [1.29, 1.82) is 0 Å². The van der Waals surface area contributed by atoms with Gasteiger partial charge in [0.2, 0.25) is 5.91 Å². The average molecular weight is 144 g/mol. The Hall–Kier alpha value is -0.570. The third-order valence-corrected chi connectivity index (χ3v) is 1.33. The van der Waals surface area contributed by atoms with E-state index < -0.39 is 0 Å². The van der Waals surface area contributed by atoms with Crippen molar-refractivity contribution in [2.75, 3.05) is 0 Å². The van der Waals surface area contributed by atoms with Crippen molar-refractivity contribution in [1.82, 2.24) is 0 Å². The Kier molecular flexibility index (Phi) is 4.94. The van der Waals surface area contributed by atoms with Crippen molar-refractivity contribution in [3.05, 3.63) is 0 Å². The Labute approximate surface area is 61.8 Å². The molecule has 0 aliphatic heterocycles. The van der Waals surface area contributed by atoms with Gasteiger partial charge >= 0.3 is 0 Å². The summed E-state index contributed by atoms with van der Waals surface area (Å²) >= 11 is 0. The van der Waals surface area contributed by atoms with Crippen molar-refractivity contribution < 1.29 is 4.79 Å². The summed E-state index contributed by atoms with van der Waals surface area (Å²) in [4.78, 5) is 10.2. The van der Waals surface area contributed by atoms with Crippen molar-refractivity contribution in [2.45, 2.75) is 38.6 Å². The third kappa shape index (κ3) is 7.43. The van der Waals surface area contributed by atoms with Gasteiger partial charge in [0.25, 0.3) is 0 Å². The quantitative estimate of drug-likeness (QED) is 0.548. The summed E-state index contributed by atoms with van der Waals surface area (Å²) in [6.45, 7) is 1.96. The molecule has 0 saturated heterocycles. The van der Waals surface area contributed by atoms with E-state index in [9.17, 15) is 4.79 Å². The lowest BCUT2D eigenvalue weighted by Crippen LogP contribution is -2.15. The lowest BCUT2D eigenvalue weighted by atomic mass is 10.1. The van der Waals surface area contributed by atoms with Crippen LogP contribution in [0.2, 0.25) is 0 Å². The van der Waals surface area contributed by atoms with Gasteiger partial charge in [-0.15, -0.1) is 0 Å². The van der Waals surface area contributed by atoms with E-state index in [-0.39, 0.29) is 11.9 Å². The van der Waals surface area contributed by atoms with Gasteiger partial charge in [-0.25, -0.2) is 0 Å². The number of rotatable bonds is 5. The largest absolute Gasteiger partial charge is 0.370 e. The summed E-state index contributed by atoms with van der Waals surface area (Å²) in [5.74, 6) is -0.218. The zero-order valence-corrected chi connectivity index (χ0v) is 6.47. The highest BCUT2D eigenvalue weighted by Gasteiger charge is 1.96. The molecule has 0 aromatic carbocycles. The predicted molar refractivity (Wildman–Crippen MR) is 41.3 cm³/mol. The minimum atomic E-state index is -0.218. The standard InChI is InChI=1S/C7H16N2O/c1-6(8)4-2-3-5-7(9)10/h6H,2-5,8H2,1H3,(H2,9,10). The van der Waals surface area contributed by atoms with Gasteiger partial charge in [0.05, 0.1) is 0 Å². The number of carbonyl (C=O) groups is 1. The van der Waals surface area contributed by atoms with E-state index in [0.29, 0.717) is 6.42 Å². The van der Waals surface area contributed by atoms with Gasteiger partial charge in [0.1, 0.15) is 0 Å². The molecular weight excluding hydrogens is 128 g/mol. The number of amides is 1.